The Labute approximate surface area is 251 Å². The van der Waals surface area contributed by atoms with Gasteiger partial charge in [0.2, 0.25) is 0 Å². The number of thioether (sulfide) groups is 1. The highest BCUT2D eigenvalue weighted by Crippen LogP contribution is 2.38. The lowest BCUT2D eigenvalue weighted by Crippen LogP contribution is -2.28. The van der Waals surface area contributed by atoms with Crippen LogP contribution in [0.5, 0.6) is 5.75 Å². The maximum Gasteiger partial charge on any atom is 0.267 e. The number of carbonyl (C=O) groups is 2. The number of carbonyl (C=O) groups excluding carboxylic acids is 2. The Bertz CT molecular complexity index is 1870. The smallest absolute Gasteiger partial charge is 0.267 e. The third kappa shape index (κ3) is 6.34. The predicted molar refractivity (Wildman–Crippen MR) is 165 cm³/mol. The van der Waals surface area contributed by atoms with Crippen molar-refractivity contribution in [1.29, 1.82) is 0 Å². The molecule has 0 atom stereocenters. The number of carboxylic acids is 1. The number of carboxylic acid groups (broad SMARTS) is 1. The number of halogens is 1. The summed E-state index contributed by atoms with van der Waals surface area (Å²) in [6.07, 6.45) is 1.83. The molecule has 6 nitrogen and oxygen atoms in total. The summed E-state index contributed by atoms with van der Waals surface area (Å²) < 4.78 is 19.6. The first-order chi connectivity index (χ1) is 20.9. The Hall–Kier alpha value is -5.21. The van der Waals surface area contributed by atoms with Gasteiger partial charge in [0.25, 0.3) is 5.91 Å². The SMILES string of the molecule is O=C([O-])c1ccc(CN2C(=O)/C(=C/c3c(OCc4ccc(F)cc4)ccc4ccccc34)SC2=Nc2ccccc2)cc1. The van der Waals surface area contributed by atoms with Crippen LogP contribution < -0.4 is 9.84 Å². The van der Waals surface area contributed by atoms with Crippen LogP contribution in [-0.4, -0.2) is 21.9 Å². The highest BCUT2D eigenvalue weighted by molar-refractivity contribution is 8.18. The van der Waals surface area contributed by atoms with Gasteiger partial charge in [-0.1, -0.05) is 84.9 Å². The molecule has 0 saturated carbocycles. The number of para-hydroxylation sites is 1. The maximum atomic E-state index is 13.9. The molecule has 8 heteroatoms. The number of aromatic carboxylic acids is 1. The second-order valence-corrected chi connectivity index (χ2v) is 10.8. The summed E-state index contributed by atoms with van der Waals surface area (Å²) in [5, 5.41) is 13.6. The van der Waals surface area contributed by atoms with Gasteiger partial charge >= 0.3 is 0 Å². The molecule has 212 valence electrons. The number of amidine groups is 1. The van der Waals surface area contributed by atoms with E-state index in [9.17, 15) is 19.1 Å². The van der Waals surface area contributed by atoms with Crippen LogP contribution in [0.4, 0.5) is 10.1 Å². The average Bonchev–Trinajstić information content (AvgIpc) is 3.31. The summed E-state index contributed by atoms with van der Waals surface area (Å²) in [5.74, 6) is -1.23. The van der Waals surface area contributed by atoms with Gasteiger partial charge in [-0.3, -0.25) is 9.69 Å². The van der Waals surface area contributed by atoms with E-state index < -0.39 is 5.97 Å². The van der Waals surface area contributed by atoms with Crippen LogP contribution in [0.25, 0.3) is 16.8 Å². The van der Waals surface area contributed by atoms with Crippen LogP contribution in [-0.2, 0) is 17.9 Å². The summed E-state index contributed by atoms with van der Waals surface area (Å²) in [7, 11) is 0. The molecule has 0 bridgehead atoms. The summed E-state index contributed by atoms with van der Waals surface area (Å²) in [6, 6.07) is 33.5. The number of hydrogen-bond donors (Lipinski definition) is 0. The van der Waals surface area contributed by atoms with Crippen LogP contribution in [0.1, 0.15) is 27.0 Å². The van der Waals surface area contributed by atoms with E-state index in [2.05, 4.69) is 0 Å². The molecule has 0 N–H and O–H groups in total. The van der Waals surface area contributed by atoms with Gasteiger partial charge in [0, 0.05) is 5.56 Å². The van der Waals surface area contributed by atoms with Crippen LogP contribution in [0, 0.1) is 5.82 Å². The monoisotopic (exact) mass is 587 g/mol. The van der Waals surface area contributed by atoms with Crippen molar-refractivity contribution in [3.8, 4) is 5.75 Å². The number of hydrogen-bond acceptors (Lipinski definition) is 6. The van der Waals surface area contributed by atoms with Crippen molar-refractivity contribution in [2.45, 2.75) is 13.2 Å². The van der Waals surface area contributed by atoms with E-state index in [0.717, 1.165) is 27.5 Å². The van der Waals surface area contributed by atoms with Gasteiger partial charge in [-0.2, -0.15) is 0 Å². The lowest BCUT2D eigenvalue weighted by atomic mass is 10.0. The molecule has 1 aliphatic heterocycles. The molecule has 0 spiro atoms. The van der Waals surface area contributed by atoms with Crippen LogP contribution in [0.15, 0.2) is 125 Å². The summed E-state index contributed by atoms with van der Waals surface area (Å²) in [5.41, 5.74) is 3.07. The van der Waals surface area contributed by atoms with E-state index in [1.54, 1.807) is 29.2 Å². The van der Waals surface area contributed by atoms with Gasteiger partial charge in [0.05, 0.1) is 23.1 Å². The van der Waals surface area contributed by atoms with Crippen molar-refractivity contribution in [3.05, 3.63) is 148 Å². The van der Waals surface area contributed by atoms with Crippen LogP contribution >= 0.6 is 11.8 Å². The number of rotatable bonds is 8. The minimum absolute atomic E-state index is 0.0637. The molecule has 1 fully saturated rings. The number of benzene rings is 5. The lowest BCUT2D eigenvalue weighted by molar-refractivity contribution is -0.255. The molecule has 0 radical (unpaired) electrons. The van der Waals surface area contributed by atoms with Crippen LogP contribution in [0.2, 0.25) is 0 Å². The molecule has 5 aromatic carbocycles. The highest BCUT2D eigenvalue weighted by atomic mass is 32.2. The zero-order valence-corrected chi connectivity index (χ0v) is 23.6. The molecule has 0 aliphatic carbocycles. The fourth-order valence-electron chi connectivity index (χ4n) is 4.70. The Morgan fingerprint density at radius 2 is 1.56 bits per heavy atom. The van der Waals surface area contributed by atoms with Gasteiger partial charge in [-0.05, 0) is 75.6 Å². The standard InChI is InChI=1S/C35H25FN2O4S/c36-27-17-12-24(13-18-27)22-42-31-19-16-25-6-4-5-9-29(25)30(31)20-32-33(39)38(21-23-10-14-26(15-11-23)34(40)41)35(43-32)37-28-7-2-1-3-8-28/h1-20H,21-22H2,(H,40,41)/p-1/b32-20-,37-35?. The van der Waals surface area contributed by atoms with E-state index in [4.69, 9.17) is 9.73 Å². The number of ether oxygens (including phenoxy) is 1. The van der Waals surface area contributed by atoms with Gasteiger partial charge in [0.1, 0.15) is 18.2 Å². The fourth-order valence-corrected chi connectivity index (χ4v) is 5.68. The third-order valence-corrected chi connectivity index (χ3v) is 7.92. The Morgan fingerprint density at radius 1 is 0.860 bits per heavy atom. The first-order valence-corrected chi connectivity index (χ1v) is 14.3. The van der Waals surface area contributed by atoms with Crippen molar-refractivity contribution < 1.29 is 23.8 Å². The second-order valence-electron chi connectivity index (χ2n) is 9.83. The number of fused-ring (bicyclic) bond motifs is 1. The van der Waals surface area contributed by atoms with Crippen molar-refractivity contribution in [3.63, 3.8) is 0 Å². The summed E-state index contributed by atoms with van der Waals surface area (Å²) in [4.78, 5) is 32.0. The molecule has 1 saturated heterocycles. The molecule has 1 heterocycles. The van der Waals surface area contributed by atoms with E-state index in [1.165, 1.54) is 36.0 Å². The van der Waals surface area contributed by atoms with E-state index in [0.29, 0.717) is 21.5 Å². The van der Waals surface area contributed by atoms with Crippen LogP contribution in [0.3, 0.4) is 0 Å². The molecular formula is C35H24FN2O4S-. The third-order valence-electron chi connectivity index (χ3n) is 6.91. The second kappa shape index (κ2) is 12.3. The summed E-state index contributed by atoms with van der Waals surface area (Å²) in [6.45, 7) is 0.427. The van der Waals surface area contributed by atoms with Crippen molar-refractivity contribution in [2.75, 3.05) is 0 Å². The summed E-state index contributed by atoms with van der Waals surface area (Å²) >= 11 is 1.26. The number of amides is 1. The zero-order chi connectivity index (χ0) is 29.8. The van der Waals surface area contributed by atoms with E-state index in [-0.39, 0.29) is 30.4 Å². The van der Waals surface area contributed by atoms with Gasteiger partial charge < -0.3 is 14.6 Å². The van der Waals surface area contributed by atoms with Gasteiger partial charge in [0.15, 0.2) is 5.17 Å². The van der Waals surface area contributed by atoms with E-state index >= 15 is 0 Å². The highest BCUT2D eigenvalue weighted by Gasteiger charge is 2.34. The maximum absolute atomic E-state index is 13.9. The molecule has 1 aliphatic rings. The van der Waals surface area contributed by atoms with Crippen molar-refractivity contribution >= 4 is 51.3 Å². The lowest BCUT2D eigenvalue weighted by Gasteiger charge is -2.16. The van der Waals surface area contributed by atoms with Gasteiger partial charge in [-0.25, -0.2) is 9.38 Å². The molecule has 6 rings (SSSR count). The molecular weight excluding hydrogens is 563 g/mol. The molecule has 0 aromatic heterocycles. The first-order valence-electron chi connectivity index (χ1n) is 13.5. The largest absolute Gasteiger partial charge is 0.545 e. The minimum atomic E-state index is -1.26. The average molecular weight is 588 g/mol. The molecule has 43 heavy (non-hydrogen) atoms. The number of nitrogens with zero attached hydrogens (tertiary/aromatic N) is 2. The van der Waals surface area contributed by atoms with E-state index in [1.807, 2.05) is 72.8 Å². The predicted octanol–water partition coefficient (Wildman–Crippen LogP) is 6.73. The Kier molecular flexibility index (Phi) is 8.02. The van der Waals surface area contributed by atoms with Gasteiger partial charge in [-0.15, -0.1) is 0 Å². The molecule has 0 unspecified atom stereocenters. The van der Waals surface area contributed by atoms with Crippen molar-refractivity contribution in [2.24, 2.45) is 4.99 Å². The minimum Gasteiger partial charge on any atom is -0.545 e. The molecule has 1 amide bonds. The fraction of sp³-hybridized carbons (Fsp3) is 0.0571. The van der Waals surface area contributed by atoms with Crippen molar-refractivity contribution in [1.82, 2.24) is 4.90 Å². The quantitative estimate of drug-likeness (QED) is 0.188. The topological polar surface area (TPSA) is 82.0 Å². The zero-order valence-electron chi connectivity index (χ0n) is 22.8. The Morgan fingerprint density at radius 3 is 2.30 bits per heavy atom. The normalized spacial score (nSPS) is 15.0. The molecule has 5 aromatic rings. The number of aliphatic imine (C=N–C) groups is 1. The first kappa shape index (κ1) is 27.9. The Balaban J connectivity index is 1.38.